The predicted octanol–water partition coefficient (Wildman–Crippen LogP) is 5.54. The molecule has 0 spiro atoms. The van der Waals surface area contributed by atoms with E-state index >= 15 is 0 Å². The molecule has 0 amide bonds. The van der Waals surface area contributed by atoms with Gasteiger partial charge in [0.05, 0.1) is 24.8 Å². The van der Waals surface area contributed by atoms with Gasteiger partial charge < -0.3 is 28.5 Å². The van der Waals surface area contributed by atoms with E-state index in [0.29, 0.717) is 24.4 Å². The van der Waals surface area contributed by atoms with Crippen molar-refractivity contribution in [3.8, 4) is 22.9 Å². The lowest BCUT2D eigenvalue weighted by Crippen LogP contribution is -2.07. The average molecular weight is 460 g/mol. The monoisotopic (exact) mass is 459 g/mol. The van der Waals surface area contributed by atoms with Crippen LogP contribution < -0.4 is 9.47 Å². The molecule has 2 aromatic heterocycles. The fraction of sp³-hybridized carbons (Fsp3) is 0.231. The van der Waals surface area contributed by atoms with Crippen molar-refractivity contribution in [1.29, 1.82) is 0 Å². The van der Waals surface area contributed by atoms with Gasteiger partial charge in [0, 0.05) is 59.7 Å². The number of ether oxygens (including phenoxy) is 3. The van der Waals surface area contributed by atoms with Crippen molar-refractivity contribution in [3.05, 3.63) is 54.6 Å². The Kier molecular flexibility index (Phi) is 5.59. The first-order valence-electron chi connectivity index (χ1n) is 11.0. The molecular weight excluding hydrogens is 434 g/mol. The minimum absolute atomic E-state index is 0.104. The molecule has 0 fully saturated rings. The van der Waals surface area contributed by atoms with E-state index in [9.17, 15) is 4.79 Å². The van der Waals surface area contributed by atoms with Crippen LogP contribution in [-0.2, 0) is 17.8 Å². The van der Waals surface area contributed by atoms with Crippen molar-refractivity contribution in [3.63, 3.8) is 0 Å². The van der Waals surface area contributed by atoms with E-state index in [1.54, 1.807) is 19.2 Å². The summed E-state index contributed by atoms with van der Waals surface area (Å²) in [4.78, 5) is 16.0. The third-order valence-electron chi connectivity index (χ3n) is 6.10. The van der Waals surface area contributed by atoms with E-state index in [1.807, 2.05) is 0 Å². The van der Waals surface area contributed by atoms with Gasteiger partial charge in [-0.25, -0.2) is 9.78 Å². The van der Waals surface area contributed by atoms with E-state index in [2.05, 4.69) is 58.5 Å². The van der Waals surface area contributed by atoms with E-state index in [4.69, 9.17) is 24.3 Å². The molecule has 174 valence electrons. The number of carbonyl (C=O) groups is 1. The fourth-order valence-corrected chi connectivity index (χ4v) is 4.63. The van der Waals surface area contributed by atoms with Gasteiger partial charge in [0.1, 0.15) is 5.82 Å². The van der Waals surface area contributed by atoms with Crippen LogP contribution in [0.25, 0.3) is 44.2 Å². The summed E-state index contributed by atoms with van der Waals surface area (Å²) in [6.07, 6.45) is -1.41. The molecule has 0 saturated heterocycles. The van der Waals surface area contributed by atoms with Gasteiger partial charge in [0.25, 0.3) is 0 Å². The van der Waals surface area contributed by atoms with Crippen molar-refractivity contribution in [2.45, 2.75) is 20.0 Å². The number of hydrogen-bond acceptors (Lipinski definition) is 5. The topological polar surface area (TPSA) is 87.7 Å². The maximum atomic E-state index is 11.1. The molecule has 2 heterocycles. The highest BCUT2D eigenvalue weighted by Gasteiger charge is 2.19. The van der Waals surface area contributed by atoms with Crippen LogP contribution in [0.15, 0.2) is 54.6 Å². The van der Waals surface area contributed by atoms with Crippen molar-refractivity contribution in [2.75, 3.05) is 20.8 Å². The van der Waals surface area contributed by atoms with E-state index in [-0.39, 0.29) is 5.75 Å². The Bertz CT molecular complexity index is 1530. The molecule has 3 aromatic carbocycles. The maximum Gasteiger partial charge on any atom is 0.511 e. The first kappa shape index (κ1) is 21.8. The smallest absolute Gasteiger partial charge is 0.493 e. The Morgan fingerprint density at radius 2 is 1.74 bits per heavy atom. The van der Waals surface area contributed by atoms with Gasteiger partial charge in [0.2, 0.25) is 0 Å². The van der Waals surface area contributed by atoms with Crippen LogP contribution in [0.2, 0.25) is 0 Å². The summed E-state index contributed by atoms with van der Waals surface area (Å²) in [5.41, 5.74) is 4.74. The predicted molar refractivity (Wildman–Crippen MR) is 131 cm³/mol. The molecule has 0 unspecified atom stereocenters. The van der Waals surface area contributed by atoms with Crippen LogP contribution in [0.5, 0.6) is 11.5 Å². The molecule has 0 aliphatic carbocycles. The molecular formula is C26H25N3O5. The quantitative estimate of drug-likeness (QED) is 0.254. The van der Waals surface area contributed by atoms with E-state index in [1.165, 1.54) is 23.5 Å². The molecule has 8 nitrogen and oxygen atoms in total. The molecule has 34 heavy (non-hydrogen) atoms. The van der Waals surface area contributed by atoms with Gasteiger partial charge >= 0.3 is 6.16 Å². The van der Waals surface area contributed by atoms with Crippen LogP contribution in [0.1, 0.15) is 6.92 Å². The highest BCUT2D eigenvalue weighted by Crippen LogP contribution is 2.37. The summed E-state index contributed by atoms with van der Waals surface area (Å²) in [6, 6.07) is 18.1. The van der Waals surface area contributed by atoms with Crippen molar-refractivity contribution < 1.29 is 24.1 Å². The highest BCUT2D eigenvalue weighted by molar-refractivity contribution is 6.09. The number of imidazole rings is 1. The molecule has 1 N–H and O–H groups in total. The number of hydrogen-bond donors (Lipinski definition) is 1. The van der Waals surface area contributed by atoms with Gasteiger partial charge in [0.15, 0.2) is 11.5 Å². The second-order valence-electron chi connectivity index (χ2n) is 7.93. The average Bonchev–Trinajstić information content (AvgIpc) is 3.36. The SMILES string of the molecule is CCn1c2ccccc2c2cc(-c3nc4cc(OC(=O)O)c(OC)cc4n3CCOC)ccc21. The van der Waals surface area contributed by atoms with Crippen LogP contribution in [0.3, 0.4) is 0 Å². The standard InChI is InChI=1S/C26H25N3O5/c1-4-28-20-8-6-5-7-17(20)18-13-16(9-10-21(18)28)25-27-19-14-24(34-26(30)31)23(33-3)15-22(19)29(25)11-12-32-2/h5-10,13-15H,4,11-12H2,1-3H3,(H,30,31). The van der Waals surface area contributed by atoms with Gasteiger partial charge in [-0.2, -0.15) is 0 Å². The summed E-state index contributed by atoms with van der Waals surface area (Å²) >= 11 is 0. The third kappa shape index (κ3) is 3.52. The summed E-state index contributed by atoms with van der Waals surface area (Å²) in [6.45, 7) is 4.08. The zero-order valence-corrected chi connectivity index (χ0v) is 19.2. The number of nitrogens with zero attached hydrogens (tertiary/aromatic N) is 3. The zero-order chi connectivity index (χ0) is 23.8. The molecule has 0 saturated carbocycles. The van der Waals surface area contributed by atoms with E-state index < -0.39 is 6.16 Å². The number of methoxy groups -OCH3 is 2. The second-order valence-corrected chi connectivity index (χ2v) is 7.93. The normalized spacial score (nSPS) is 11.5. The van der Waals surface area contributed by atoms with Crippen molar-refractivity contribution >= 4 is 39.0 Å². The van der Waals surface area contributed by atoms with Crippen molar-refractivity contribution in [2.24, 2.45) is 0 Å². The van der Waals surface area contributed by atoms with E-state index in [0.717, 1.165) is 28.8 Å². The Balaban J connectivity index is 1.75. The van der Waals surface area contributed by atoms with Gasteiger partial charge in [-0.3, -0.25) is 0 Å². The minimum atomic E-state index is -1.41. The lowest BCUT2D eigenvalue weighted by molar-refractivity contribution is 0.143. The summed E-state index contributed by atoms with van der Waals surface area (Å²) in [7, 11) is 3.13. The molecule has 8 heteroatoms. The molecule has 0 atom stereocenters. The molecule has 0 aliphatic rings. The number of aromatic nitrogens is 3. The lowest BCUT2D eigenvalue weighted by Gasteiger charge is -2.11. The van der Waals surface area contributed by atoms with Crippen LogP contribution in [0.4, 0.5) is 4.79 Å². The Hall–Kier alpha value is -4.04. The molecule has 0 radical (unpaired) electrons. The molecule has 5 aromatic rings. The number of fused-ring (bicyclic) bond motifs is 4. The van der Waals surface area contributed by atoms with Crippen LogP contribution in [0, 0.1) is 0 Å². The Labute approximate surface area is 195 Å². The third-order valence-corrected chi connectivity index (χ3v) is 6.10. The zero-order valence-electron chi connectivity index (χ0n) is 19.2. The summed E-state index contributed by atoms with van der Waals surface area (Å²) in [5.74, 6) is 1.19. The number of para-hydroxylation sites is 1. The number of aryl methyl sites for hydroxylation is 1. The van der Waals surface area contributed by atoms with Crippen molar-refractivity contribution in [1.82, 2.24) is 14.1 Å². The van der Waals surface area contributed by atoms with Crippen LogP contribution >= 0.6 is 0 Å². The summed E-state index contributed by atoms with van der Waals surface area (Å²) < 4.78 is 20.0. The van der Waals surface area contributed by atoms with Gasteiger partial charge in [-0.1, -0.05) is 18.2 Å². The largest absolute Gasteiger partial charge is 0.511 e. The minimum Gasteiger partial charge on any atom is -0.493 e. The molecule has 5 rings (SSSR count). The first-order valence-corrected chi connectivity index (χ1v) is 11.0. The van der Waals surface area contributed by atoms with Gasteiger partial charge in [-0.05, 0) is 31.2 Å². The second kappa shape index (κ2) is 8.72. The fourth-order valence-electron chi connectivity index (χ4n) is 4.63. The number of rotatable bonds is 7. The maximum absolute atomic E-state index is 11.1. The Morgan fingerprint density at radius 1 is 0.941 bits per heavy atom. The molecule has 0 aliphatic heterocycles. The number of carboxylic acid groups (broad SMARTS) is 1. The van der Waals surface area contributed by atoms with Gasteiger partial charge in [-0.15, -0.1) is 0 Å². The summed E-state index contributed by atoms with van der Waals surface area (Å²) in [5, 5.41) is 11.5. The number of benzene rings is 3. The lowest BCUT2D eigenvalue weighted by atomic mass is 10.1. The van der Waals surface area contributed by atoms with Crippen LogP contribution in [-0.4, -0.2) is 46.2 Å². The molecule has 0 bridgehead atoms. The first-order chi connectivity index (χ1) is 16.5. The highest BCUT2D eigenvalue weighted by atomic mass is 16.7. The Morgan fingerprint density at radius 3 is 2.47 bits per heavy atom.